The van der Waals surface area contributed by atoms with E-state index in [1.54, 1.807) is 20.1 Å². The van der Waals surface area contributed by atoms with Crippen LogP contribution in [0.5, 0.6) is 5.75 Å². The van der Waals surface area contributed by atoms with Gasteiger partial charge in [0.1, 0.15) is 11.9 Å². The van der Waals surface area contributed by atoms with Gasteiger partial charge >= 0.3 is 5.97 Å². The van der Waals surface area contributed by atoms with Gasteiger partial charge < -0.3 is 18.9 Å². The zero-order valence-electron chi connectivity index (χ0n) is 14.6. The summed E-state index contributed by atoms with van der Waals surface area (Å²) in [6, 6.07) is 5.83. The molecule has 1 aliphatic heterocycles. The second-order valence-electron chi connectivity index (χ2n) is 5.61. The van der Waals surface area contributed by atoms with Crippen LogP contribution in [0.1, 0.15) is 43.9 Å². The van der Waals surface area contributed by atoms with Gasteiger partial charge in [0.05, 0.1) is 33.0 Å². The summed E-state index contributed by atoms with van der Waals surface area (Å²) in [4.78, 5) is 11.6. The molecule has 0 N–H and O–H groups in total. The van der Waals surface area contributed by atoms with Gasteiger partial charge in [-0.2, -0.15) is 0 Å². The molecule has 2 atom stereocenters. The monoisotopic (exact) mass is 334 g/mol. The molecule has 1 fully saturated rings. The number of carbonyl (C=O) groups excluding carboxylic acids is 1. The highest BCUT2D eigenvalue weighted by molar-refractivity contribution is 5.88. The molecule has 2 rings (SSSR count). The first-order valence-electron chi connectivity index (χ1n) is 8.44. The Balaban J connectivity index is 2.25. The van der Waals surface area contributed by atoms with Crippen molar-refractivity contribution < 1.29 is 23.7 Å². The molecule has 0 aliphatic carbocycles. The van der Waals surface area contributed by atoms with Crippen LogP contribution in [0.4, 0.5) is 0 Å². The standard InChI is InChI=1S/C19H26O5/c1-4-7-18(24-13-14-12-23-14)15-8-6-9-17(21-3)16(15)10-11-19(20)22-5-2/h6,8-11,14,18H,4-5,7,12-13H2,1-3H3/b11-10+/t14-,18-/m1/s1. The fourth-order valence-corrected chi connectivity index (χ4v) is 2.52. The average molecular weight is 334 g/mol. The van der Waals surface area contributed by atoms with Crippen molar-refractivity contribution in [2.24, 2.45) is 0 Å². The summed E-state index contributed by atoms with van der Waals surface area (Å²) < 4.78 is 21.7. The largest absolute Gasteiger partial charge is 0.496 e. The SMILES string of the molecule is CCC[C@@H](OC[C@H]1CO1)c1cccc(OC)c1/C=C/C(=O)OCC. The molecule has 0 amide bonds. The third-order valence-corrected chi connectivity index (χ3v) is 3.78. The summed E-state index contributed by atoms with van der Waals surface area (Å²) in [6.07, 6.45) is 5.21. The van der Waals surface area contributed by atoms with Gasteiger partial charge in [-0.15, -0.1) is 0 Å². The number of rotatable bonds is 10. The van der Waals surface area contributed by atoms with Crippen LogP contribution >= 0.6 is 0 Å². The van der Waals surface area contributed by atoms with Gasteiger partial charge in [0.2, 0.25) is 0 Å². The van der Waals surface area contributed by atoms with Crippen molar-refractivity contribution in [2.45, 2.75) is 38.9 Å². The molecule has 0 saturated carbocycles. The van der Waals surface area contributed by atoms with Crippen LogP contribution < -0.4 is 4.74 Å². The van der Waals surface area contributed by atoms with Gasteiger partial charge in [-0.3, -0.25) is 0 Å². The maximum absolute atomic E-state index is 11.6. The lowest BCUT2D eigenvalue weighted by Crippen LogP contribution is -2.11. The third-order valence-electron chi connectivity index (χ3n) is 3.78. The number of methoxy groups -OCH3 is 1. The number of carbonyl (C=O) groups is 1. The van der Waals surface area contributed by atoms with Crippen LogP contribution in [-0.4, -0.2) is 39.0 Å². The molecule has 5 heteroatoms. The smallest absolute Gasteiger partial charge is 0.330 e. The van der Waals surface area contributed by atoms with E-state index in [1.165, 1.54) is 6.08 Å². The van der Waals surface area contributed by atoms with Crippen molar-refractivity contribution in [3.05, 3.63) is 35.4 Å². The minimum atomic E-state index is -0.367. The predicted octanol–water partition coefficient (Wildman–Crippen LogP) is 3.53. The molecular formula is C19H26O5. The summed E-state index contributed by atoms with van der Waals surface area (Å²) in [6.45, 7) is 5.62. The maximum atomic E-state index is 11.6. The lowest BCUT2D eigenvalue weighted by atomic mass is 9.97. The van der Waals surface area contributed by atoms with Crippen LogP contribution in [0.3, 0.4) is 0 Å². The Morgan fingerprint density at radius 2 is 2.21 bits per heavy atom. The van der Waals surface area contributed by atoms with Gasteiger partial charge in [0.15, 0.2) is 0 Å². The van der Waals surface area contributed by atoms with Gasteiger partial charge in [-0.1, -0.05) is 25.5 Å². The highest BCUT2D eigenvalue weighted by atomic mass is 16.6. The van der Waals surface area contributed by atoms with E-state index in [-0.39, 0.29) is 18.2 Å². The molecule has 24 heavy (non-hydrogen) atoms. The molecular weight excluding hydrogens is 308 g/mol. The van der Waals surface area contributed by atoms with Crippen LogP contribution in [0, 0.1) is 0 Å². The topological polar surface area (TPSA) is 57.3 Å². The summed E-state index contributed by atoms with van der Waals surface area (Å²) in [5, 5.41) is 0. The van der Waals surface area contributed by atoms with Gasteiger partial charge in [0.25, 0.3) is 0 Å². The second kappa shape index (κ2) is 9.45. The Kier molecular flexibility index (Phi) is 7.28. The van der Waals surface area contributed by atoms with Crippen molar-refractivity contribution in [3.63, 3.8) is 0 Å². The fourth-order valence-electron chi connectivity index (χ4n) is 2.52. The summed E-state index contributed by atoms with van der Waals surface area (Å²) in [5.74, 6) is 0.342. The molecule has 5 nitrogen and oxygen atoms in total. The van der Waals surface area contributed by atoms with E-state index in [2.05, 4.69) is 6.92 Å². The van der Waals surface area contributed by atoms with Gasteiger partial charge in [-0.25, -0.2) is 4.79 Å². The molecule has 132 valence electrons. The van der Waals surface area contributed by atoms with Gasteiger partial charge in [0, 0.05) is 11.6 Å². The summed E-state index contributed by atoms with van der Waals surface area (Å²) in [5.41, 5.74) is 1.86. The molecule has 1 aromatic rings. The molecule has 0 spiro atoms. The Hall–Kier alpha value is -1.85. The van der Waals surface area contributed by atoms with E-state index in [4.69, 9.17) is 18.9 Å². The molecule has 1 aliphatic rings. The van der Waals surface area contributed by atoms with E-state index in [0.29, 0.717) is 19.0 Å². The Morgan fingerprint density at radius 3 is 2.83 bits per heavy atom. The third kappa shape index (κ3) is 5.35. The zero-order chi connectivity index (χ0) is 17.4. The highest BCUT2D eigenvalue weighted by Crippen LogP contribution is 2.33. The molecule has 0 aromatic heterocycles. The molecule has 1 aromatic carbocycles. The van der Waals surface area contributed by atoms with E-state index in [0.717, 1.165) is 30.6 Å². The first-order chi connectivity index (χ1) is 11.7. The Labute approximate surface area is 143 Å². The van der Waals surface area contributed by atoms with Crippen molar-refractivity contribution in [1.82, 2.24) is 0 Å². The molecule has 0 radical (unpaired) electrons. The number of ether oxygens (including phenoxy) is 4. The highest BCUT2D eigenvalue weighted by Gasteiger charge is 2.25. The maximum Gasteiger partial charge on any atom is 0.330 e. The molecule has 0 unspecified atom stereocenters. The predicted molar refractivity (Wildman–Crippen MR) is 92.0 cm³/mol. The van der Waals surface area contributed by atoms with E-state index >= 15 is 0 Å². The quantitative estimate of drug-likeness (QED) is 0.372. The molecule has 1 heterocycles. The van der Waals surface area contributed by atoms with Crippen molar-refractivity contribution in [3.8, 4) is 5.75 Å². The minimum absolute atomic E-state index is 0.0591. The van der Waals surface area contributed by atoms with Crippen molar-refractivity contribution in [2.75, 3.05) is 26.9 Å². The normalized spacial score (nSPS) is 17.7. The van der Waals surface area contributed by atoms with Crippen LogP contribution in [0.25, 0.3) is 6.08 Å². The lowest BCUT2D eigenvalue weighted by molar-refractivity contribution is -0.137. The van der Waals surface area contributed by atoms with E-state index in [1.807, 2.05) is 18.2 Å². The van der Waals surface area contributed by atoms with Crippen LogP contribution in [0.15, 0.2) is 24.3 Å². The van der Waals surface area contributed by atoms with E-state index < -0.39 is 0 Å². The number of benzene rings is 1. The molecule has 1 saturated heterocycles. The average Bonchev–Trinajstić information content (AvgIpc) is 3.41. The summed E-state index contributed by atoms with van der Waals surface area (Å²) >= 11 is 0. The van der Waals surface area contributed by atoms with E-state index in [9.17, 15) is 4.79 Å². The number of esters is 1. The number of hydrogen-bond donors (Lipinski definition) is 0. The zero-order valence-corrected chi connectivity index (χ0v) is 14.6. The fraction of sp³-hybridized carbons (Fsp3) is 0.526. The number of epoxide rings is 1. The van der Waals surface area contributed by atoms with Crippen molar-refractivity contribution >= 4 is 12.0 Å². The first-order valence-corrected chi connectivity index (χ1v) is 8.44. The summed E-state index contributed by atoms with van der Waals surface area (Å²) in [7, 11) is 1.62. The molecule has 0 bridgehead atoms. The lowest BCUT2D eigenvalue weighted by Gasteiger charge is -2.21. The van der Waals surface area contributed by atoms with Crippen LogP contribution in [0.2, 0.25) is 0 Å². The Bertz CT molecular complexity index is 563. The van der Waals surface area contributed by atoms with Gasteiger partial charge in [-0.05, 0) is 31.1 Å². The van der Waals surface area contributed by atoms with Crippen LogP contribution in [-0.2, 0) is 19.0 Å². The first kappa shape index (κ1) is 18.5. The second-order valence-corrected chi connectivity index (χ2v) is 5.61. The van der Waals surface area contributed by atoms with Crippen molar-refractivity contribution in [1.29, 1.82) is 0 Å². The Morgan fingerprint density at radius 1 is 1.42 bits per heavy atom. The minimum Gasteiger partial charge on any atom is -0.496 e. The number of hydrogen-bond acceptors (Lipinski definition) is 5.